The molecule has 0 spiro atoms. The average molecular weight is 387 g/mol. The van der Waals surface area contributed by atoms with E-state index in [-0.39, 0.29) is 12.0 Å². The van der Waals surface area contributed by atoms with Crippen LogP contribution in [-0.2, 0) is 0 Å². The molecule has 0 fully saturated rings. The van der Waals surface area contributed by atoms with E-state index in [0.717, 1.165) is 22.3 Å². The lowest BCUT2D eigenvalue weighted by Gasteiger charge is -2.12. The summed E-state index contributed by atoms with van der Waals surface area (Å²) in [5, 5.41) is 14.1. The molecule has 0 unspecified atom stereocenters. The van der Waals surface area contributed by atoms with Gasteiger partial charge in [0.2, 0.25) is 0 Å². The van der Waals surface area contributed by atoms with Crippen LogP contribution < -0.4 is 15.4 Å². The first-order valence-electron chi connectivity index (χ1n) is 9.32. The zero-order valence-corrected chi connectivity index (χ0v) is 16.1. The highest BCUT2D eigenvalue weighted by atomic mass is 16.5. The van der Waals surface area contributed by atoms with Crippen LogP contribution in [0, 0.1) is 0 Å². The molecule has 4 rings (SSSR count). The molecule has 0 radical (unpaired) electrons. The molecule has 0 aliphatic heterocycles. The summed E-state index contributed by atoms with van der Waals surface area (Å²) in [6.07, 6.45) is 3.50. The summed E-state index contributed by atoms with van der Waals surface area (Å²) < 4.78 is 5.63. The summed E-state index contributed by atoms with van der Waals surface area (Å²) in [5.41, 5.74) is 2.84. The molecule has 0 aliphatic rings. The Kier molecular flexibility index (Phi) is 5.11. The number of pyridine rings is 1. The molecule has 29 heavy (non-hydrogen) atoms. The summed E-state index contributed by atoms with van der Waals surface area (Å²) in [7, 11) is 0. The highest BCUT2D eigenvalue weighted by molar-refractivity contribution is 6.07. The van der Waals surface area contributed by atoms with Gasteiger partial charge in [-0.25, -0.2) is 4.98 Å². The number of hydrogen-bond donors (Lipinski definition) is 3. The van der Waals surface area contributed by atoms with E-state index < -0.39 is 0 Å². The van der Waals surface area contributed by atoms with Crippen molar-refractivity contribution in [3.8, 4) is 5.75 Å². The summed E-state index contributed by atoms with van der Waals surface area (Å²) in [5.74, 6) is 0.986. The number of H-pyrrole nitrogens is 1. The standard InChI is InChI=1S/C22H21N5O2/c1-14(2)29-18-9-7-16(8-10-18)26-22(28)19-4-3-11-23-21(19)25-17-6-5-15-13-24-27-20(15)12-17/h3-14H,1-2H3,(H,23,25)(H,24,27)(H,26,28). The number of carbonyl (C=O) groups is 1. The maximum absolute atomic E-state index is 12.8. The third-order valence-corrected chi connectivity index (χ3v) is 4.24. The topological polar surface area (TPSA) is 91.9 Å². The lowest BCUT2D eigenvalue weighted by atomic mass is 10.2. The van der Waals surface area contributed by atoms with Crippen molar-refractivity contribution >= 4 is 34.0 Å². The first-order valence-corrected chi connectivity index (χ1v) is 9.32. The van der Waals surface area contributed by atoms with Crippen LogP contribution in [0.4, 0.5) is 17.2 Å². The van der Waals surface area contributed by atoms with E-state index in [1.165, 1.54) is 0 Å². The van der Waals surface area contributed by atoms with Crippen LogP contribution in [0.5, 0.6) is 5.75 Å². The van der Waals surface area contributed by atoms with Crippen molar-refractivity contribution < 1.29 is 9.53 Å². The Morgan fingerprint density at radius 2 is 1.86 bits per heavy atom. The molecule has 2 aromatic heterocycles. The van der Waals surface area contributed by atoms with Gasteiger partial charge in [-0.1, -0.05) is 0 Å². The predicted molar refractivity (Wildman–Crippen MR) is 114 cm³/mol. The van der Waals surface area contributed by atoms with Crippen molar-refractivity contribution in [3.63, 3.8) is 0 Å². The Morgan fingerprint density at radius 1 is 1.07 bits per heavy atom. The fourth-order valence-electron chi connectivity index (χ4n) is 2.93. The minimum atomic E-state index is -0.249. The van der Waals surface area contributed by atoms with Crippen molar-refractivity contribution in [1.82, 2.24) is 15.2 Å². The molecule has 7 heteroatoms. The number of anilines is 3. The van der Waals surface area contributed by atoms with Gasteiger partial charge in [0.05, 0.1) is 23.4 Å². The number of benzene rings is 2. The first-order chi connectivity index (χ1) is 14.1. The number of hydrogen-bond acceptors (Lipinski definition) is 5. The van der Waals surface area contributed by atoms with Gasteiger partial charge in [-0.2, -0.15) is 5.10 Å². The van der Waals surface area contributed by atoms with E-state index in [9.17, 15) is 4.79 Å². The maximum Gasteiger partial charge on any atom is 0.259 e. The SMILES string of the molecule is CC(C)Oc1ccc(NC(=O)c2cccnc2Nc2ccc3cn[nH]c3c2)cc1. The average Bonchev–Trinajstić information content (AvgIpc) is 3.17. The second kappa shape index (κ2) is 8.02. The number of carbonyl (C=O) groups excluding carboxylic acids is 1. The highest BCUT2D eigenvalue weighted by Crippen LogP contribution is 2.23. The molecule has 2 aromatic carbocycles. The predicted octanol–water partition coefficient (Wildman–Crippen LogP) is 4.74. The number of amides is 1. The van der Waals surface area contributed by atoms with Gasteiger partial charge in [-0.05, 0) is 68.4 Å². The van der Waals surface area contributed by atoms with Gasteiger partial charge in [0, 0.05) is 23.0 Å². The van der Waals surface area contributed by atoms with E-state index in [4.69, 9.17) is 4.74 Å². The number of nitrogens with zero attached hydrogens (tertiary/aromatic N) is 2. The van der Waals surface area contributed by atoms with Crippen LogP contribution in [0.1, 0.15) is 24.2 Å². The number of nitrogens with one attached hydrogen (secondary N) is 3. The molecule has 1 amide bonds. The van der Waals surface area contributed by atoms with Crippen molar-refractivity contribution in [2.24, 2.45) is 0 Å². The molecule has 0 saturated heterocycles. The molecule has 4 aromatic rings. The number of ether oxygens (including phenoxy) is 1. The molecule has 0 atom stereocenters. The van der Waals surface area contributed by atoms with Crippen LogP contribution in [0.3, 0.4) is 0 Å². The van der Waals surface area contributed by atoms with Crippen LogP contribution in [0.15, 0.2) is 67.0 Å². The highest BCUT2D eigenvalue weighted by Gasteiger charge is 2.13. The van der Waals surface area contributed by atoms with E-state index in [1.54, 1.807) is 24.5 Å². The molecule has 146 valence electrons. The molecule has 0 bridgehead atoms. The zero-order chi connectivity index (χ0) is 20.2. The Hall–Kier alpha value is -3.87. The van der Waals surface area contributed by atoms with Gasteiger partial charge >= 0.3 is 0 Å². The second-order valence-electron chi connectivity index (χ2n) is 6.84. The van der Waals surface area contributed by atoms with Crippen LogP contribution in [0.2, 0.25) is 0 Å². The van der Waals surface area contributed by atoms with Gasteiger partial charge in [0.15, 0.2) is 0 Å². The Bertz CT molecular complexity index is 1140. The van der Waals surface area contributed by atoms with E-state index in [0.29, 0.717) is 17.1 Å². The van der Waals surface area contributed by atoms with Crippen molar-refractivity contribution in [1.29, 1.82) is 0 Å². The number of rotatable bonds is 6. The molecular formula is C22H21N5O2. The lowest BCUT2D eigenvalue weighted by molar-refractivity contribution is 0.102. The summed E-state index contributed by atoms with van der Waals surface area (Å²) in [6.45, 7) is 3.94. The molecule has 0 saturated carbocycles. The monoisotopic (exact) mass is 387 g/mol. The largest absolute Gasteiger partial charge is 0.491 e. The summed E-state index contributed by atoms with van der Waals surface area (Å²) in [6, 6.07) is 16.5. The third kappa shape index (κ3) is 4.35. The van der Waals surface area contributed by atoms with Crippen molar-refractivity contribution in [2.75, 3.05) is 10.6 Å². The molecule has 7 nitrogen and oxygen atoms in total. The van der Waals surface area contributed by atoms with Crippen molar-refractivity contribution in [3.05, 3.63) is 72.6 Å². The molecule has 2 heterocycles. The van der Waals surface area contributed by atoms with E-state index >= 15 is 0 Å². The van der Waals surface area contributed by atoms with Gasteiger partial charge in [-0.15, -0.1) is 0 Å². The number of fused-ring (bicyclic) bond motifs is 1. The fraction of sp³-hybridized carbons (Fsp3) is 0.136. The van der Waals surface area contributed by atoms with E-state index in [2.05, 4.69) is 25.8 Å². The Balaban J connectivity index is 1.51. The minimum Gasteiger partial charge on any atom is -0.491 e. The van der Waals surface area contributed by atoms with Gasteiger partial charge in [-0.3, -0.25) is 9.89 Å². The number of aromatic amines is 1. The first kappa shape index (κ1) is 18.5. The van der Waals surface area contributed by atoms with Crippen LogP contribution >= 0.6 is 0 Å². The zero-order valence-electron chi connectivity index (χ0n) is 16.1. The molecule has 0 aliphatic carbocycles. The fourth-order valence-corrected chi connectivity index (χ4v) is 2.93. The summed E-state index contributed by atoms with van der Waals surface area (Å²) in [4.78, 5) is 17.2. The molecule has 3 N–H and O–H groups in total. The van der Waals surface area contributed by atoms with Crippen molar-refractivity contribution in [2.45, 2.75) is 20.0 Å². The maximum atomic E-state index is 12.8. The Labute approximate surface area is 168 Å². The van der Waals surface area contributed by atoms with E-state index in [1.807, 2.05) is 56.3 Å². The minimum absolute atomic E-state index is 0.0976. The summed E-state index contributed by atoms with van der Waals surface area (Å²) >= 11 is 0. The second-order valence-corrected chi connectivity index (χ2v) is 6.84. The Morgan fingerprint density at radius 3 is 2.66 bits per heavy atom. The molecular weight excluding hydrogens is 366 g/mol. The quantitative estimate of drug-likeness (QED) is 0.444. The van der Waals surface area contributed by atoms with Gasteiger partial charge < -0.3 is 15.4 Å². The lowest BCUT2D eigenvalue weighted by Crippen LogP contribution is -2.14. The normalized spacial score (nSPS) is 10.9. The number of aromatic nitrogens is 3. The van der Waals surface area contributed by atoms with Crippen LogP contribution in [-0.4, -0.2) is 27.2 Å². The smallest absolute Gasteiger partial charge is 0.259 e. The third-order valence-electron chi connectivity index (χ3n) is 4.24. The van der Waals surface area contributed by atoms with Gasteiger partial charge in [0.1, 0.15) is 11.6 Å². The van der Waals surface area contributed by atoms with Crippen LogP contribution in [0.25, 0.3) is 10.9 Å². The van der Waals surface area contributed by atoms with Gasteiger partial charge in [0.25, 0.3) is 5.91 Å².